The summed E-state index contributed by atoms with van der Waals surface area (Å²) in [5.74, 6) is 1.43. The zero-order valence-electron chi connectivity index (χ0n) is 35.8. The highest BCUT2D eigenvalue weighted by molar-refractivity contribution is 5.88. The van der Waals surface area contributed by atoms with Gasteiger partial charge < -0.3 is 17.2 Å². The maximum absolute atomic E-state index is 11.5. The normalized spacial score (nSPS) is 11.3. The third kappa shape index (κ3) is 47.0. The van der Waals surface area contributed by atoms with E-state index in [0.29, 0.717) is 31.0 Å². The van der Waals surface area contributed by atoms with Crippen LogP contribution >= 0.6 is 0 Å². The van der Waals surface area contributed by atoms with Crippen molar-refractivity contribution >= 4 is 41.2 Å². The summed E-state index contributed by atoms with van der Waals surface area (Å²) < 4.78 is 0. The van der Waals surface area contributed by atoms with E-state index in [1.807, 2.05) is 132 Å². The number of nitrogens with two attached hydrogens (primary N) is 3. The molecule has 12 nitrogen and oxygen atoms in total. The fourth-order valence-electron chi connectivity index (χ4n) is 2.75. The van der Waals surface area contributed by atoms with Gasteiger partial charge in [-0.25, -0.2) is 0 Å². The minimum atomic E-state index is -0.310. The first-order chi connectivity index (χ1) is 22.5. The minimum absolute atomic E-state index is 0.109. The number of carbonyl (C=O) groups is 5. The molecule has 0 spiro atoms. The van der Waals surface area contributed by atoms with Gasteiger partial charge in [0.2, 0.25) is 0 Å². The molecule has 12 heteroatoms. The molecule has 0 aliphatic heterocycles. The van der Waals surface area contributed by atoms with Crippen molar-refractivity contribution in [1.29, 1.82) is 0 Å². The Morgan fingerprint density at radius 2 is 0.784 bits per heavy atom. The standard InChI is InChI=1S/C9H19NO.C8H16O.C7H15NO.C7H14O.C6H13NO.2CO2/c1-6(2)7(10)8(11)9(3,4)5;1-5-6-7(9)8(2,3)4;1-7(2,3)6(9)4-5-8;1-5-6(8)7(2,3)4;1-6(2,3)5(8)4-7;2*2-1-3/h6-7H,10H2,1-5H3;5-6H2,1-4H3;4-5,8H2,1-3H3;5H2,1-4H3;4,7H2,1-3H3;;/t7-;;;;;;/m0....../s1. The number of ketones is 5. The second kappa shape index (κ2) is 31.7. The third-order valence-corrected chi connectivity index (χ3v) is 6.46. The average Bonchev–Trinajstić information content (AvgIpc) is 2.95. The Hall–Kier alpha value is -3.01. The van der Waals surface area contributed by atoms with Gasteiger partial charge in [-0.1, -0.05) is 132 Å². The highest BCUT2D eigenvalue weighted by atomic mass is 16.2. The molecule has 6 N–H and O–H groups in total. The first-order valence-corrected chi connectivity index (χ1v) is 17.3. The molecule has 0 aromatic rings. The van der Waals surface area contributed by atoms with Crippen LogP contribution in [0.5, 0.6) is 0 Å². The van der Waals surface area contributed by atoms with Crippen LogP contribution in [0.1, 0.15) is 157 Å². The van der Waals surface area contributed by atoms with Crippen molar-refractivity contribution < 1.29 is 43.2 Å². The number of Topliss-reactive ketones (excluding diaryl/α,β-unsaturated/α-hetero) is 5. The molecule has 0 heterocycles. The molecule has 0 radical (unpaired) electrons. The molecule has 0 amide bonds. The van der Waals surface area contributed by atoms with Crippen molar-refractivity contribution in [2.45, 2.75) is 163 Å². The predicted octanol–water partition coefficient (Wildman–Crippen LogP) is 6.34. The first kappa shape index (κ1) is 63.1. The van der Waals surface area contributed by atoms with Gasteiger partial charge in [0.15, 0.2) is 11.6 Å². The van der Waals surface area contributed by atoms with E-state index in [-0.39, 0.29) is 75.2 Å². The van der Waals surface area contributed by atoms with Gasteiger partial charge >= 0.3 is 12.3 Å². The molecule has 0 rings (SSSR count). The van der Waals surface area contributed by atoms with E-state index in [1.54, 1.807) is 0 Å². The number of rotatable bonds is 8. The zero-order valence-corrected chi connectivity index (χ0v) is 35.8. The molecule has 0 saturated heterocycles. The van der Waals surface area contributed by atoms with Crippen molar-refractivity contribution in [3.05, 3.63) is 0 Å². The number of hydrogen-bond donors (Lipinski definition) is 3. The lowest BCUT2D eigenvalue weighted by molar-refractivity contribution is -0.193. The van der Waals surface area contributed by atoms with E-state index in [4.69, 9.17) is 36.4 Å². The van der Waals surface area contributed by atoms with E-state index in [1.165, 1.54) is 0 Å². The number of carbonyl (C=O) groups excluding carboxylic acids is 9. The first-order valence-electron chi connectivity index (χ1n) is 17.3. The summed E-state index contributed by atoms with van der Waals surface area (Å²) in [4.78, 5) is 87.6. The molecule has 0 aromatic heterocycles. The lowest BCUT2D eigenvalue weighted by atomic mass is 9.83. The lowest BCUT2D eigenvalue weighted by Crippen LogP contribution is -2.42. The van der Waals surface area contributed by atoms with E-state index in [2.05, 4.69) is 0 Å². The summed E-state index contributed by atoms with van der Waals surface area (Å²) in [5, 5.41) is 0. The van der Waals surface area contributed by atoms with Gasteiger partial charge in [0.1, 0.15) is 17.3 Å². The average molecular weight is 732 g/mol. The molecule has 1 atom stereocenters. The van der Waals surface area contributed by atoms with Gasteiger partial charge in [-0.2, -0.15) is 19.2 Å². The van der Waals surface area contributed by atoms with E-state index in [9.17, 15) is 24.0 Å². The van der Waals surface area contributed by atoms with Crippen molar-refractivity contribution in [2.75, 3.05) is 13.1 Å². The van der Waals surface area contributed by atoms with Crippen molar-refractivity contribution in [3.63, 3.8) is 0 Å². The van der Waals surface area contributed by atoms with Crippen LogP contribution in [0.25, 0.3) is 0 Å². The van der Waals surface area contributed by atoms with Crippen LogP contribution in [-0.4, -0.2) is 60.4 Å². The second-order valence-corrected chi connectivity index (χ2v) is 17.1. The van der Waals surface area contributed by atoms with Gasteiger partial charge in [-0.3, -0.25) is 24.0 Å². The predicted molar refractivity (Wildman–Crippen MR) is 203 cm³/mol. The Morgan fingerprint density at radius 1 is 0.510 bits per heavy atom. The van der Waals surface area contributed by atoms with E-state index < -0.39 is 0 Å². The van der Waals surface area contributed by atoms with Crippen LogP contribution in [0.15, 0.2) is 0 Å². The minimum Gasteiger partial charge on any atom is -0.330 e. The molecule has 0 aromatic carbocycles. The van der Waals surface area contributed by atoms with E-state index >= 15 is 0 Å². The molecule has 0 unspecified atom stereocenters. The van der Waals surface area contributed by atoms with Crippen LogP contribution in [0.2, 0.25) is 0 Å². The van der Waals surface area contributed by atoms with Gasteiger partial charge in [0.05, 0.1) is 12.6 Å². The molecule has 0 fully saturated rings. The fraction of sp³-hybridized carbons (Fsp3) is 0.821. The SMILES string of the molecule is CC(C)(C)C(=O)CCN.CC(C)(C)C(=O)CN.CC(C)[C@H](N)C(=O)C(C)(C)C.CCC(=O)C(C)(C)C.CCCC(=O)C(C)(C)C.O=C=O.O=C=O. The fourth-order valence-corrected chi connectivity index (χ4v) is 2.75. The Bertz CT molecular complexity index is 968. The van der Waals surface area contributed by atoms with Crippen LogP contribution in [0.4, 0.5) is 0 Å². The van der Waals surface area contributed by atoms with Crippen molar-refractivity contribution in [3.8, 4) is 0 Å². The molecule has 51 heavy (non-hydrogen) atoms. The zero-order chi connectivity index (χ0) is 43.2. The summed E-state index contributed by atoms with van der Waals surface area (Å²) in [6, 6.07) is -0.310. The molecule has 0 aliphatic rings. The maximum Gasteiger partial charge on any atom is 0.373 e. The summed E-state index contributed by atoms with van der Waals surface area (Å²) >= 11 is 0. The Kier molecular flexibility index (Phi) is 39.2. The lowest BCUT2D eigenvalue weighted by Gasteiger charge is -2.23. The Labute approximate surface area is 310 Å². The van der Waals surface area contributed by atoms with Crippen molar-refractivity contribution in [1.82, 2.24) is 0 Å². The highest BCUT2D eigenvalue weighted by Crippen LogP contribution is 2.19. The molecular formula is C39H77N3O9. The van der Waals surface area contributed by atoms with Gasteiger partial charge in [0.25, 0.3) is 0 Å². The topological polar surface area (TPSA) is 232 Å². The van der Waals surface area contributed by atoms with Gasteiger partial charge in [0, 0.05) is 46.3 Å². The van der Waals surface area contributed by atoms with Gasteiger partial charge in [-0.05, 0) is 18.9 Å². The number of hydrogen-bond acceptors (Lipinski definition) is 12. The summed E-state index contributed by atoms with van der Waals surface area (Å²) in [7, 11) is 0. The quantitative estimate of drug-likeness (QED) is 0.248. The smallest absolute Gasteiger partial charge is 0.330 e. The van der Waals surface area contributed by atoms with Gasteiger partial charge in [-0.15, -0.1) is 0 Å². The molecule has 0 aliphatic carbocycles. The third-order valence-electron chi connectivity index (χ3n) is 6.46. The monoisotopic (exact) mass is 732 g/mol. The maximum atomic E-state index is 11.5. The summed E-state index contributed by atoms with van der Waals surface area (Å²) in [6.45, 7) is 37.2. The molecular weight excluding hydrogens is 654 g/mol. The molecule has 302 valence electrons. The van der Waals surface area contributed by atoms with Crippen molar-refractivity contribution in [2.24, 2.45) is 50.2 Å². The van der Waals surface area contributed by atoms with Crippen LogP contribution in [0, 0.1) is 33.0 Å². The van der Waals surface area contributed by atoms with Crippen LogP contribution in [0.3, 0.4) is 0 Å². The van der Waals surface area contributed by atoms with E-state index in [0.717, 1.165) is 12.8 Å². The Balaban J connectivity index is -0.0000000915. The molecule has 0 saturated carbocycles. The summed E-state index contributed by atoms with van der Waals surface area (Å²) in [6.07, 6.45) is 3.35. The van der Waals surface area contributed by atoms with Crippen LogP contribution < -0.4 is 17.2 Å². The summed E-state index contributed by atoms with van der Waals surface area (Å²) in [5.41, 5.74) is 15.0. The second-order valence-electron chi connectivity index (χ2n) is 17.1. The highest BCUT2D eigenvalue weighted by Gasteiger charge is 2.28. The molecule has 0 bridgehead atoms. The van der Waals surface area contributed by atoms with Crippen LogP contribution in [-0.2, 0) is 43.2 Å². The largest absolute Gasteiger partial charge is 0.373 e. The Morgan fingerprint density at radius 3 is 0.843 bits per heavy atom.